The molecule has 0 spiro atoms. The fourth-order valence-electron chi connectivity index (χ4n) is 2.75. The van der Waals surface area contributed by atoms with Gasteiger partial charge in [-0.1, -0.05) is 30.3 Å². The van der Waals surface area contributed by atoms with Crippen LogP contribution in [0, 0.1) is 0 Å². The van der Waals surface area contributed by atoms with Gasteiger partial charge in [-0.3, -0.25) is 9.69 Å². The Hall–Kier alpha value is -1.35. The van der Waals surface area contributed by atoms with E-state index in [4.69, 9.17) is 5.11 Å². The largest absolute Gasteiger partial charge is 0.481 e. The summed E-state index contributed by atoms with van der Waals surface area (Å²) in [4.78, 5) is 13.1. The van der Waals surface area contributed by atoms with Gasteiger partial charge in [-0.25, -0.2) is 0 Å². The first-order chi connectivity index (χ1) is 8.75. The second-order valence-electron chi connectivity index (χ2n) is 5.02. The molecule has 3 heteroatoms. The summed E-state index contributed by atoms with van der Waals surface area (Å²) in [5.41, 5.74) is 1.37. The van der Waals surface area contributed by atoms with E-state index >= 15 is 0 Å². The van der Waals surface area contributed by atoms with Gasteiger partial charge in [0, 0.05) is 6.04 Å². The highest BCUT2D eigenvalue weighted by Crippen LogP contribution is 2.20. The number of aliphatic carboxylic acids is 1. The Bertz CT molecular complexity index is 377. The van der Waals surface area contributed by atoms with Crippen molar-refractivity contribution in [3.05, 3.63) is 35.9 Å². The average molecular weight is 247 g/mol. The van der Waals surface area contributed by atoms with Gasteiger partial charge in [-0.15, -0.1) is 0 Å². The predicted molar refractivity (Wildman–Crippen MR) is 71.6 cm³/mol. The number of rotatable bonds is 6. The number of carboxylic acid groups (broad SMARTS) is 1. The van der Waals surface area contributed by atoms with Gasteiger partial charge in [-0.05, 0) is 44.3 Å². The first-order valence-corrected chi connectivity index (χ1v) is 6.75. The van der Waals surface area contributed by atoms with Crippen LogP contribution in [-0.2, 0) is 11.2 Å². The first-order valence-electron chi connectivity index (χ1n) is 6.75. The number of hydrogen-bond donors (Lipinski definition) is 1. The van der Waals surface area contributed by atoms with Gasteiger partial charge in [0.25, 0.3) is 0 Å². The fourth-order valence-corrected chi connectivity index (χ4v) is 2.75. The molecule has 0 bridgehead atoms. The number of carboxylic acids is 1. The highest BCUT2D eigenvalue weighted by molar-refractivity contribution is 5.67. The van der Waals surface area contributed by atoms with Crippen LogP contribution < -0.4 is 0 Å². The van der Waals surface area contributed by atoms with Crippen molar-refractivity contribution in [1.82, 2.24) is 4.90 Å². The summed E-state index contributed by atoms with van der Waals surface area (Å²) in [5, 5.41) is 8.87. The summed E-state index contributed by atoms with van der Waals surface area (Å²) in [5.74, 6) is -0.671. The van der Waals surface area contributed by atoms with Crippen LogP contribution in [0.4, 0.5) is 0 Å². The molecule has 1 aliphatic heterocycles. The molecule has 1 unspecified atom stereocenters. The fraction of sp³-hybridized carbons (Fsp3) is 0.533. The molecule has 1 saturated heterocycles. The highest BCUT2D eigenvalue weighted by atomic mass is 16.4. The summed E-state index contributed by atoms with van der Waals surface area (Å²) in [6.45, 7) is 2.08. The monoisotopic (exact) mass is 247 g/mol. The molecule has 1 aromatic carbocycles. The van der Waals surface area contributed by atoms with E-state index in [1.807, 2.05) is 6.07 Å². The quantitative estimate of drug-likeness (QED) is 0.840. The summed E-state index contributed by atoms with van der Waals surface area (Å²) >= 11 is 0. The van der Waals surface area contributed by atoms with E-state index in [-0.39, 0.29) is 6.04 Å². The van der Waals surface area contributed by atoms with E-state index in [2.05, 4.69) is 29.2 Å². The SMILES string of the molecule is O=C(O)CC1CCCN1CCCc1ccccc1. The number of benzene rings is 1. The highest BCUT2D eigenvalue weighted by Gasteiger charge is 2.25. The van der Waals surface area contributed by atoms with Crippen LogP contribution >= 0.6 is 0 Å². The molecule has 0 saturated carbocycles. The van der Waals surface area contributed by atoms with Gasteiger partial charge in [0.2, 0.25) is 0 Å². The molecule has 0 radical (unpaired) electrons. The zero-order valence-electron chi connectivity index (χ0n) is 10.7. The number of aryl methyl sites for hydroxylation is 1. The van der Waals surface area contributed by atoms with E-state index < -0.39 is 5.97 Å². The Morgan fingerprint density at radius 1 is 1.33 bits per heavy atom. The third kappa shape index (κ3) is 3.84. The van der Waals surface area contributed by atoms with Gasteiger partial charge in [-0.2, -0.15) is 0 Å². The molecular weight excluding hydrogens is 226 g/mol. The molecule has 1 aromatic rings. The van der Waals surface area contributed by atoms with Gasteiger partial charge in [0.05, 0.1) is 6.42 Å². The van der Waals surface area contributed by atoms with Crippen molar-refractivity contribution in [3.8, 4) is 0 Å². The summed E-state index contributed by atoms with van der Waals surface area (Å²) < 4.78 is 0. The molecular formula is C15H21NO2. The molecule has 18 heavy (non-hydrogen) atoms. The molecule has 2 rings (SSSR count). The number of nitrogens with zero attached hydrogens (tertiary/aromatic N) is 1. The molecule has 1 atom stereocenters. The summed E-state index contributed by atoms with van der Waals surface area (Å²) in [6, 6.07) is 10.7. The average Bonchev–Trinajstić information content (AvgIpc) is 2.77. The van der Waals surface area contributed by atoms with Crippen LogP contribution in [-0.4, -0.2) is 35.1 Å². The maximum Gasteiger partial charge on any atom is 0.304 e. The van der Waals surface area contributed by atoms with Crippen molar-refractivity contribution < 1.29 is 9.90 Å². The van der Waals surface area contributed by atoms with E-state index in [1.54, 1.807) is 0 Å². The van der Waals surface area contributed by atoms with Gasteiger partial charge >= 0.3 is 5.97 Å². The Kier molecular flexibility index (Phi) is 4.76. The summed E-state index contributed by atoms with van der Waals surface area (Å²) in [7, 11) is 0. The molecule has 1 aliphatic rings. The molecule has 1 fully saturated rings. The van der Waals surface area contributed by atoms with E-state index in [0.717, 1.165) is 38.8 Å². The van der Waals surface area contributed by atoms with Crippen LogP contribution in [0.15, 0.2) is 30.3 Å². The minimum Gasteiger partial charge on any atom is -0.481 e. The van der Waals surface area contributed by atoms with Crippen LogP contribution in [0.5, 0.6) is 0 Å². The van der Waals surface area contributed by atoms with Crippen LogP contribution in [0.2, 0.25) is 0 Å². The predicted octanol–water partition coefficient (Wildman–Crippen LogP) is 2.56. The lowest BCUT2D eigenvalue weighted by Gasteiger charge is -2.22. The maximum absolute atomic E-state index is 10.8. The Labute approximate surface area is 108 Å². The minimum atomic E-state index is -0.671. The third-order valence-corrected chi connectivity index (χ3v) is 3.66. The normalized spacial score (nSPS) is 20.1. The van der Waals surface area contributed by atoms with Crippen molar-refractivity contribution in [2.45, 2.75) is 38.1 Å². The zero-order valence-corrected chi connectivity index (χ0v) is 10.7. The van der Waals surface area contributed by atoms with Crippen LogP contribution in [0.1, 0.15) is 31.2 Å². The second-order valence-corrected chi connectivity index (χ2v) is 5.02. The molecule has 0 aromatic heterocycles. The third-order valence-electron chi connectivity index (χ3n) is 3.66. The number of hydrogen-bond acceptors (Lipinski definition) is 2. The Balaban J connectivity index is 1.74. The van der Waals surface area contributed by atoms with Crippen molar-refractivity contribution in [3.63, 3.8) is 0 Å². The lowest BCUT2D eigenvalue weighted by Crippen LogP contribution is -2.32. The first kappa shape index (κ1) is 13.1. The molecule has 98 valence electrons. The minimum absolute atomic E-state index is 0.262. The Morgan fingerprint density at radius 3 is 2.83 bits per heavy atom. The van der Waals surface area contributed by atoms with Crippen molar-refractivity contribution in [1.29, 1.82) is 0 Å². The van der Waals surface area contributed by atoms with Gasteiger partial charge in [0.15, 0.2) is 0 Å². The van der Waals surface area contributed by atoms with Crippen LogP contribution in [0.25, 0.3) is 0 Å². The van der Waals surface area contributed by atoms with Crippen molar-refractivity contribution in [2.75, 3.05) is 13.1 Å². The Morgan fingerprint density at radius 2 is 2.11 bits per heavy atom. The standard InChI is InChI=1S/C15H21NO2/c17-15(18)12-14-9-5-11-16(14)10-4-8-13-6-2-1-3-7-13/h1-3,6-7,14H,4-5,8-12H2,(H,17,18). The van der Waals surface area contributed by atoms with Crippen molar-refractivity contribution in [2.24, 2.45) is 0 Å². The van der Waals surface area contributed by atoms with Crippen LogP contribution in [0.3, 0.4) is 0 Å². The number of carbonyl (C=O) groups is 1. The van der Waals surface area contributed by atoms with E-state index in [1.165, 1.54) is 5.56 Å². The smallest absolute Gasteiger partial charge is 0.304 e. The molecule has 0 amide bonds. The van der Waals surface area contributed by atoms with Gasteiger partial charge in [0.1, 0.15) is 0 Å². The lowest BCUT2D eigenvalue weighted by molar-refractivity contribution is -0.138. The second kappa shape index (κ2) is 6.55. The topological polar surface area (TPSA) is 40.5 Å². The molecule has 1 N–H and O–H groups in total. The molecule has 0 aliphatic carbocycles. The van der Waals surface area contributed by atoms with E-state index in [9.17, 15) is 4.79 Å². The van der Waals surface area contributed by atoms with E-state index in [0.29, 0.717) is 6.42 Å². The molecule has 1 heterocycles. The summed E-state index contributed by atoms with van der Waals surface area (Å²) in [6.07, 6.45) is 4.67. The lowest BCUT2D eigenvalue weighted by atomic mass is 10.1. The van der Waals surface area contributed by atoms with Crippen molar-refractivity contribution >= 4 is 5.97 Å². The molecule has 3 nitrogen and oxygen atoms in total. The number of likely N-dealkylation sites (tertiary alicyclic amines) is 1. The zero-order chi connectivity index (χ0) is 12.8. The maximum atomic E-state index is 10.8. The van der Waals surface area contributed by atoms with Gasteiger partial charge < -0.3 is 5.11 Å².